The summed E-state index contributed by atoms with van der Waals surface area (Å²) in [6.45, 7) is 4.20. The van der Waals surface area contributed by atoms with Crippen LogP contribution in [0.4, 0.5) is 0 Å². The first-order chi connectivity index (χ1) is 8.85. The van der Waals surface area contributed by atoms with E-state index in [-0.39, 0.29) is 16.9 Å². The molecule has 0 radical (unpaired) electrons. The van der Waals surface area contributed by atoms with Crippen molar-refractivity contribution < 1.29 is 13.2 Å². The van der Waals surface area contributed by atoms with Crippen LogP contribution in [0.1, 0.15) is 32.6 Å². The molecule has 2 heterocycles. The highest BCUT2D eigenvalue weighted by Crippen LogP contribution is 2.34. The zero-order chi connectivity index (χ0) is 14.1. The number of sulfone groups is 1. The fraction of sp³-hybridized carbons (Fsp3) is 1.00. The monoisotopic (exact) mass is 290 g/mol. The first-order valence-corrected chi connectivity index (χ1v) is 8.88. The summed E-state index contributed by atoms with van der Waals surface area (Å²) in [5, 5.41) is 0. The molecule has 2 atom stereocenters. The molecule has 0 aromatic heterocycles. The van der Waals surface area contributed by atoms with E-state index in [1.807, 2.05) is 0 Å². The van der Waals surface area contributed by atoms with Gasteiger partial charge in [0, 0.05) is 25.7 Å². The van der Waals surface area contributed by atoms with Crippen LogP contribution in [0.3, 0.4) is 0 Å². The van der Waals surface area contributed by atoms with Crippen molar-refractivity contribution in [1.82, 2.24) is 4.90 Å². The van der Waals surface area contributed by atoms with E-state index in [0.29, 0.717) is 12.3 Å². The minimum atomic E-state index is -2.96. The van der Waals surface area contributed by atoms with Gasteiger partial charge in [0.25, 0.3) is 0 Å². The normalized spacial score (nSPS) is 40.2. The number of nitrogens with zero attached hydrogens (tertiary/aromatic N) is 1. The fourth-order valence-corrected chi connectivity index (χ4v) is 5.48. The second kappa shape index (κ2) is 5.31. The standard InChI is InChI=1S/C13H26N2O3S/c1-12(18-2)5-3-7-15(10-12)13(9-14)6-4-8-19(16,17)11-13/h3-11,14H2,1-2H3. The number of likely N-dealkylation sites (tertiary alicyclic amines) is 1. The summed E-state index contributed by atoms with van der Waals surface area (Å²) in [4.78, 5) is 2.27. The molecule has 0 spiro atoms. The molecule has 0 aromatic rings. The molecule has 6 heteroatoms. The molecule has 5 nitrogen and oxygen atoms in total. The number of piperidine rings is 1. The highest BCUT2D eigenvalue weighted by Gasteiger charge is 2.46. The molecular formula is C13H26N2O3S. The number of ether oxygens (including phenoxy) is 1. The summed E-state index contributed by atoms with van der Waals surface area (Å²) < 4.78 is 29.6. The third kappa shape index (κ3) is 3.12. The Balaban J connectivity index is 2.21. The Hall–Kier alpha value is -0.170. The van der Waals surface area contributed by atoms with Crippen LogP contribution < -0.4 is 5.73 Å². The Morgan fingerprint density at radius 3 is 2.63 bits per heavy atom. The Labute approximate surface area is 116 Å². The van der Waals surface area contributed by atoms with Gasteiger partial charge in [0.1, 0.15) is 0 Å². The van der Waals surface area contributed by atoms with Gasteiger partial charge in [0.2, 0.25) is 0 Å². The van der Waals surface area contributed by atoms with E-state index >= 15 is 0 Å². The lowest BCUT2D eigenvalue weighted by Crippen LogP contribution is -2.64. The van der Waals surface area contributed by atoms with Crippen molar-refractivity contribution in [3.05, 3.63) is 0 Å². The van der Waals surface area contributed by atoms with Crippen LogP contribution in [0, 0.1) is 0 Å². The quantitative estimate of drug-likeness (QED) is 0.814. The van der Waals surface area contributed by atoms with Gasteiger partial charge < -0.3 is 10.5 Å². The largest absolute Gasteiger partial charge is 0.377 e. The van der Waals surface area contributed by atoms with Crippen LogP contribution in [0.2, 0.25) is 0 Å². The van der Waals surface area contributed by atoms with Crippen LogP contribution in [-0.4, -0.2) is 62.7 Å². The maximum Gasteiger partial charge on any atom is 0.152 e. The lowest BCUT2D eigenvalue weighted by atomic mass is 9.86. The van der Waals surface area contributed by atoms with E-state index in [0.717, 1.165) is 38.8 Å². The number of nitrogens with two attached hydrogens (primary N) is 1. The van der Waals surface area contributed by atoms with E-state index in [1.54, 1.807) is 7.11 Å². The highest BCUT2D eigenvalue weighted by atomic mass is 32.2. The summed E-state index contributed by atoms with van der Waals surface area (Å²) >= 11 is 0. The minimum Gasteiger partial charge on any atom is -0.377 e. The smallest absolute Gasteiger partial charge is 0.152 e. The predicted molar refractivity (Wildman–Crippen MR) is 75.9 cm³/mol. The number of hydrogen-bond acceptors (Lipinski definition) is 5. The number of methoxy groups -OCH3 is 1. The van der Waals surface area contributed by atoms with E-state index in [9.17, 15) is 8.42 Å². The lowest BCUT2D eigenvalue weighted by Gasteiger charge is -2.51. The van der Waals surface area contributed by atoms with Gasteiger partial charge in [0.05, 0.1) is 17.1 Å². The molecule has 0 saturated carbocycles. The van der Waals surface area contributed by atoms with Crippen LogP contribution in [0.5, 0.6) is 0 Å². The van der Waals surface area contributed by atoms with Gasteiger partial charge in [-0.25, -0.2) is 8.42 Å². The zero-order valence-corrected chi connectivity index (χ0v) is 12.8. The molecule has 2 aliphatic heterocycles. The predicted octanol–water partition coefficient (Wildman–Crippen LogP) is 0.393. The first kappa shape index (κ1) is 15.2. The second-order valence-corrected chi connectivity index (χ2v) is 8.49. The van der Waals surface area contributed by atoms with Gasteiger partial charge in [-0.3, -0.25) is 4.90 Å². The van der Waals surface area contributed by atoms with E-state index < -0.39 is 9.84 Å². The molecule has 0 bridgehead atoms. The maximum absolute atomic E-state index is 12.0. The molecule has 19 heavy (non-hydrogen) atoms. The van der Waals surface area contributed by atoms with Crippen molar-refractivity contribution in [3.8, 4) is 0 Å². The molecule has 2 N–H and O–H groups in total. The molecular weight excluding hydrogens is 264 g/mol. The Morgan fingerprint density at radius 1 is 1.32 bits per heavy atom. The van der Waals surface area contributed by atoms with Gasteiger partial charge in [0.15, 0.2) is 9.84 Å². The van der Waals surface area contributed by atoms with Gasteiger partial charge >= 0.3 is 0 Å². The fourth-order valence-electron chi connectivity index (χ4n) is 3.49. The van der Waals surface area contributed by atoms with E-state index in [2.05, 4.69) is 11.8 Å². The van der Waals surface area contributed by atoms with Gasteiger partial charge in [-0.15, -0.1) is 0 Å². The molecule has 2 unspecified atom stereocenters. The number of rotatable bonds is 3. The van der Waals surface area contributed by atoms with Crippen LogP contribution in [0.25, 0.3) is 0 Å². The first-order valence-electron chi connectivity index (χ1n) is 7.06. The molecule has 2 rings (SSSR count). The van der Waals surface area contributed by atoms with Crippen molar-refractivity contribution in [2.75, 3.05) is 38.2 Å². The van der Waals surface area contributed by atoms with Crippen molar-refractivity contribution >= 4 is 9.84 Å². The maximum atomic E-state index is 12.0. The molecule has 112 valence electrons. The summed E-state index contributed by atoms with van der Waals surface area (Å²) in [7, 11) is -1.23. The molecule has 0 aromatic carbocycles. The summed E-state index contributed by atoms with van der Waals surface area (Å²) in [6.07, 6.45) is 3.65. The molecule has 2 aliphatic rings. The Bertz CT molecular complexity index is 426. The van der Waals surface area contributed by atoms with Gasteiger partial charge in [-0.2, -0.15) is 0 Å². The average molecular weight is 290 g/mol. The van der Waals surface area contributed by atoms with Crippen molar-refractivity contribution in [2.45, 2.75) is 43.7 Å². The molecule has 2 saturated heterocycles. The summed E-state index contributed by atoms with van der Waals surface area (Å²) in [5.41, 5.74) is 5.42. The summed E-state index contributed by atoms with van der Waals surface area (Å²) in [5.74, 6) is 0.514. The number of hydrogen-bond donors (Lipinski definition) is 1. The molecule has 0 amide bonds. The van der Waals surface area contributed by atoms with Crippen molar-refractivity contribution in [3.63, 3.8) is 0 Å². The van der Waals surface area contributed by atoms with Gasteiger partial charge in [-0.1, -0.05) is 0 Å². The lowest BCUT2D eigenvalue weighted by molar-refractivity contribution is -0.0781. The Morgan fingerprint density at radius 2 is 2.05 bits per heavy atom. The van der Waals surface area contributed by atoms with Crippen molar-refractivity contribution in [1.29, 1.82) is 0 Å². The summed E-state index contributed by atoms with van der Waals surface area (Å²) in [6, 6.07) is 0. The molecule has 0 aliphatic carbocycles. The zero-order valence-electron chi connectivity index (χ0n) is 12.0. The van der Waals surface area contributed by atoms with Crippen molar-refractivity contribution in [2.24, 2.45) is 5.73 Å². The topological polar surface area (TPSA) is 72.6 Å². The highest BCUT2D eigenvalue weighted by molar-refractivity contribution is 7.91. The molecule has 2 fully saturated rings. The Kier molecular flexibility index (Phi) is 4.26. The van der Waals surface area contributed by atoms with E-state index in [4.69, 9.17) is 10.5 Å². The third-order valence-electron chi connectivity index (χ3n) is 4.79. The van der Waals surface area contributed by atoms with Gasteiger partial charge in [-0.05, 0) is 39.2 Å². The third-order valence-corrected chi connectivity index (χ3v) is 6.68. The van der Waals surface area contributed by atoms with Crippen LogP contribution >= 0.6 is 0 Å². The average Bonchev–Trinajstić information content (AvgIpc) is 2.37. The minimum absolute atomic E-state index is 0.179. The van der Waals surface area contributed by atoms with Crippen LogP contribution in [-0.2, 0) is 14.6 Å². The van der Waals surface area contributed by atoms with Crippen LogP contribution in [0.15, 0.2) is 0 Å². The van der Waals surface area contributed by atoms with E-state index in [1.165, 1.54) is 0 Å². The second-order valence-electron chi connectivity index (χ2n) is 6.30. The SMILES string of the molecule is COC1(C)CCCN(C2(CN)CCCS(=O)(=O)C2)C1.